The summed E-state index contributed by atoms with van der Waals surface area (Å²) in [5, 5.41) is 3.39. The standard InChI is InChI=1S/C16H22N4/c1-5-7-14-19-15(17)12(4)16(20-14)18-13-9-6-8-10(2)11(13)3/h6,8-9H,5,7H2,1-4H3,(H3,17,18,19,20). The molecule has 0 saturated carbocycles. The summed E-state index contributed by atoms with van der Waals surface area (Å²) >= 11 is 0. The summed E-state index contributed by atoms with van der Waals surface area (Å²) in [4.78, 5) is 8.92. The molecule has 4 heteroatoms. The van der Waals surface area contributed by atoms with Crippen LogP contribution in [0.15, 0.2) is 18.2 Å². The number of hydrogen-bond donors (Lipinski definition) is 2. The van der Waals surface area contributed by atoms with Gasteiger partial charge in [0.1, 0.15) is 17.5 Å². The minimum atomic E-state index is 0.552. The van der Waals surface area contributed by atoms with Crippen LogP contribution in [0.25, 0.3) is 0 Å². The van der Waals surface area contributed by atoms with Crippen LogP contribution >= 0.6 is 0 Å². The average molecular weight is 270 g/mol. The number of nitrogens with zero attached hydrogens (tertiary/aromatic N) is 2. The maximum Gasteiger partial charge on any atom is 0.139 e. The normalized spacial score (nSPS) is 10.6. The minimum absolute atomic E-state index is 0.552. The van der Waals surface area contributed by atoms with Gasteiger partial charge in [0.15, 0.2) is 0 Å². The molecule has 106 valence electrons. The molecule has 20 heavy (non-hydrogen) atoms. The zero-order valence-corrected chi connectivity index (χ0v) is 12.6. The Kier molecular flexibility index (Phi) is 4.23. The number of aryl methyl sites for hydroxylation is 2. The van der Waals surface area contributed by atoms with E-state index in [0.717, 1.165) is 35.7 Å². The molecule has 0 saturated heterocycles. The smallest absolute Gasteiger partial charge is 0.139 e. The maximum atomic E-state index is 5.98. The second-order valence-electron chi connectivity index (χ2n) is 5.12. The lowest BCUT2D eigenvalue weighted by Gasteiger charge is -2.14. The van der Waals surface area contributed by atoms with E-state index < -0.39 is 0 Å². The van der Waals surface area contributed by atoms with Crippen LogP contribution in [0.1, 0.15) is 35.9 Å². The Bertz CT molecular complexity index is 620. The van der Waals surface area contributed by atoms with Crippen molar-refractivity contribution in [3.63, 3.8) is 0 Å². The Labute approximate surface area is 120 Å². The molecule has 0 spiro atoms. The molecule has 0 radical (unpaired) electrons. The molecule has 3 N–H and O–H groups in total. The Morgan fingerprint density at radius 2 is 1.85 bits per heavy atom. The number of nitrogens with two attached hydrogens (primary N) is 1. The van der Waals surface area contributed by atoms with Crippen LogP contribution in [0, 0.1) is 20.8 Å². The van der Waals surface area contributed by atoms with Gasteiger partial charge in [-0.05, 0) is 44.4 Å². The van der Waals surface area contributed by atoms with E-state index in [2.05, 4.69) is 48.2 Å². The molecule has 1 aromatic carbocycles. The zero-order chi connectivity index (χ0) is 14.7. The highest BCUT2D eigenvalue weighted by molar-refractivity contribution is 5.66. The van der Waals surface area contributed by atoms with E-state index in [-0.39, 0.29) is 0 Å². The van der Waals surface area contributed by atoms with Gasteiger partial charge in [0.25, 0.3) is 0 Å². The molecule has 0 unspecified atom stereocenters. The van der Waals surface area contributed by atoms with Gasteiger partial charge in [-0.15, -0.1) is 0 Å². The number of benzene rings is 1. The molecule has 0 aliphatic heterocycles. The molecule has 0 bridgehead atoms. The van der Waals surface area contributed by atoms with Gasteiger partial charge >= 0.3 is 0 Å². The monoisotopic (exact) mass is 270 g/mol. The van der Waals surface area contributed by atoms with Gasteiger partial charge < -0.3 is 11.1 Å². The van der Waals surface area contributed by atoms with E-state index in [1.54, 1.807) is 0 Å². The summed E-state index contributed by atoms with van der Waals surface area (Å²) in [5.41, 5.74) is 10.4. The maximum absolute atomic E-state index is 5.98. The molecule has 0 fully saturated rings. The number of aromatic nitrogens is 2. The Morgan fingerprint density at radius 3 is 2.55 bits per heavy atom. The van der Waals surface area contributed by atoms with Crippen molar-refractivity contribution < 1.29 is 0 Å². The summed E-state index contributed by atoms with van der Waals surface area (Å²) in [6.07, 6.45) is 1.84. The first-order chi connectivity index (χ1) is 9.52. The fourth-order valence-corrected chi connectivity index (χ4v) is 2.05. The average Bonchev–Trinajstić information content (AvgIpc) is 2.41. The van der Waals surface area contributed by atoms with Crippen LogP contribution < -0.4 is 11.1 Å². The lowest BCUT2D eigenvalue weighted by atomic mass is 10.1. The minimum Gasteiger partial charge on any atom is -0.383 e. The number of nitrogens with one attached hydrogen (secondary N) is 1. The van der Waals surface area contributed by atoms with E-state index in [1.165, 1.54) is 11.1 Å². The SMILES string of the molecule is CCCc1nc(N)c(C)c(Nc2cccc(C)c2C)n1. The van der Waals surface area contributed by atoms with Gasteiger partial charge in [-0.25, -0.2) is 9.97 Å². The predicted molar refractivity (Wildman–Crippen MR) is 84.4 cm³/mol. The highest BCUT2D eigenvalue weighted by Gasteiger charge is 2.10. The Morgan fingerprint density at radius 1 is 1.10 bits per heavy atom. The van der Waals surface area contributed by atoms with Crippen LogP contribution in [0.2, 0.25) is 0 Å². The summed E-state index contributed by atoms with van der Waals surface area (Å²) in [6, 6.07) is 6.20. The molecule has 2 rings (SSSR count). The fourth-order valence-electron chi connectivity index (χ4n) is 2.05. The molecule has 1 aromatic heterocycles. The van der Waals surface area contributed by atoms with Crippen molar-refractivity contribution in [2.45, 2.75) is 40.5 Å². The third kappa shape index (κ3) is 2.90. The molecule has 0 amide bonds. The third-order valence-corrected chi connectivity index (χ3v) is 3.56. The molecule has 0 atom stereocenters. The van der Waals surface area contributed by atoms with Gasteiger partial charge in [-0.1, -0.05) is 19.1 Å². The highest BCUT2D eigenvalue weighted by atomic mass is 15.1. The summed E-state index contributed by atoms with van der Waals surface area (Å²) in [6.45, 7) is 8.25. The second-order valence-corrected chi connectivity index (χ2v) is 5.12. The van der Waals surface area contributed by atoms with Gasteiger partial charge in [0, 0.05) is 17.7 Å². The van der Waals surface area contributed by atoms with E-state index in [0.29, 0.717) is 5.82 Å². The van der Waals surface area contributed by atoms with E-state index >= 15 is 0 Å². The van der Waals surface area contributed by atoms with E-state index in [4.69, 9.17) is 5.73 Å². The molecule has 0 aliphatic carbocycles. The number of rotatable bonds is 4. The highest BCUT2D eigenvalue weighted by Crippen LogP contribution is 2.25. The Balaban J connectivity index is 2.39. The van der Waals surface area contributed by atoms with Crippen molar-refractivity contribution in [1.82, 2.24) is 9.97 Å². The van der Waals surface area contributed by atoms with Crippen LogP contribution in [-0.2, 0) is 6.42 Å². The molecule has 1 heterocycles. The molecular weight excluding hydrogens is 248 g/mol. The lowest BCUT2D eigenvalue weighted by molar-refractivity contribution is 0.836. The van der Waals surface area contributed by atoms with Crippen LogP contribution in [-0.4, -0.2) is 9.97 Å². The van der Waals surface area contributed by atoms with Crippen molar-refractivity contribution in [3.05, 3.63) is 40.7 Å². The molecule has 2 aromatic rings. The number of nitrogen functional groups attached to an aromatic ring is 1. The lowest BCUT2D eigenvalue weighted by Crippen LogP contribution is -2.07. The molecular formula is C16H22N4. The van der Waals surface area contributed by atoms with Gasteiger partial charge in [-0.3, -0.25) is 0 Å². The van der Waals surface area contributed by atoms with E-state index in [1.807, 2.05) is 13.0 Å². The number of hydrogen-bond acceptors (Lipinski definition) is 4. The largest absolute Gasteiger partial charge is 0.383 e. The second kappa shape index (κ2) is 5.90. The van der Waals surface area contributed by atoms with Crippen LogP contribution in [0.5, 0.6) is 0 Å². The quantitative estimate of drug-likeness (QED) is 0.889. The first-order valence-corrected chi connectivity index (χ1v) is 6.99. The van der Waals surface area contributed by atoms with Crippen molar-refractivity contribution in [1.29, 1.82) is 0 Å². The predicted octanol–water partition coefficient (Wildman–Crippen LogP) is 3.68. The first-order valence-electron chi connectivity index (χ1n) is 6.99. The summed E-state index contributed by atoms with van der Waals surface area (Å²) in [5.74, 6) is 2.15. The van der Waals surface area contributed by atoms with Crippen LogP contribution in [0.3, 0.4) is 0 Å². The molecule has 0 aliphatic rings. The van der Waals surface area contributed by atoms with Gasteiger partial charge in [-0.2, -0.15) is 0 Å². The zero-order valence-electron chi connectivity index (χ0n) is 12.6. The van der Waals surface area contributed by atoms with Crippen molar-refractivity contribution in [3.8, 4) is 0 Å². The fraction of sp³-hybridized carbons (Fsp3) is 0.375. The van der Waals surface area contributed by atoms with Gasteiger partial charge in [0.2, 0.25) is 0 Å². The Hall–Kier alpha value is -2.10. The van der Waals surface area contributed by atoms with Crippen molar-refractivity contribution >= 4 is 17.3 Å². The van der Waals surface area contributed by atoms with Crippen molar-refractivity contribution in [2.75, 3.05) is 11.1 Å². The first kappa shape index (κ1) is 14.3. The third-order valence-electron chi connectivity index (χ3n) is 3.56. The van der Waals surface area contributed by atoms with Gasteiger partial charge in [0.05, 0.1) is 0 Å². The topological polar surface area (TPSA) is 63.8 Å². The number of anilines is 3. The van der Waals surface area contributed by atoms with Crippen LogP contribution in [0.4, 0.5) is 17.3 Å². The summed E-state index contributed by atoms with van der Waals surface area (Å²) in [7, 11) is 0. The van der Waals surface area contributed by atoms with Crippen molar-refractivity contribution in [2.24, 2.45) is 0 Å². The van der Waals surface area contributed by atoms with E-state index in [9.17, 15) is 0 Å². The molecule has 4 nitrogen and oxygen atoms in total. The summed E-state index contributed by atoms with van der Waals surface area (Å²) < 4.78 is 0.